The van der Waals surface area contributed by atoms with E-state index in [9.17, 15) is 24.4 Å². The SMILES string of the molecule is C[C@H](NP(=O)(OCC1O[C@@H](n2ccc(=O)[nH]c2=S)C(C)(O)[C@H]1O)Oc1ccc(Cl)cc1)C(=O)OC1CCCCC1. The van der Waals surface area contributed by atoms with Crippen LogP contribution in [0.2, 0.25) is 5.02 Å². The molecule has 1 aromatic heterocycles. The Hall–Kier alpha value is -2.09. The molecule has 0 radical (unpaired) electrons. The van der Waals surface area contributed by atoms with E-state index in [-0.39, 0.29) is 16.6 Å². The zero-order valence-corrected chi connectivity index (χ0v) is 24.5. The molecule has 0 amide bonds. The number of H-pyrrole nitrogens is 1. The number of nitrogens with one attached hydrogen (secondary N) is 2. The lowest BCUT2D eigenvalue weighted by Crippen LogP contribution is -2.45. The highest BCUT2D eigenvalue weighted by Gasteiger charge is 2.54. The van der Waals surface area contributed by atoms with Gasteiger partial charge in [0.2, 0.25) is 0 Å². The maximum atomic E-state index is 13.9. The summed E-state index contributed by atoms with van der Waals surface area (Å²) >= 11 is 11.1. The van der Waals surface area contributed by atoms with Crippen LogP contribution in [0.25, 0.3) is 0 Å². The topological polar surface area (TPSA) is 161 Å². The van der Waals surface area contributed by atoms with Gasteiger partial charge in [0, 0.05) is 17.3 Å². The van der Waals surface area contributed by atoms with E-state index < -0.39 is 56.0 Å². The monoisotopic (exact) mass is 617 g/mol. The standard InChI is InChI=1S/C25H33ClN3O9PS/c1-15(22(32)36-17-6-4-3-5-7-17)28-39(34,38-18-10-8-16(26)9-11-18)35-14-19-21(31)25(2,33)23(37-19)29-13-12-20(30)27-24(29)40/h8-13,15,17,19,21,23,31,33H,3-7,14H2,1-2H3,(H,28,34)(H,27,30,40)/t15-,19?,21-,23+,25?,39?/m0/s1. The quantitative estimate of drug-likeness (QED) is 0.175. The van der Waals surface area contributed by atoms with Crippen molar-refractivity contribution < 1.29 is 38.1 Å². The maximum absolute atomic E-state index is 13.9. The van der Waals surface area contributed by atoms with Gasteiger partial charge >= 0.3 is 13.7 Å². The van der Waals surface area contributed by atoms with Gasteiger partial charge in [0.25, 0.3) is 5.56 Å². The predicted molar refractivity (Wildman–Crippen MR) is 148 cm³/mol. The molecule has 2 aromatic rings. The Morgan fingerprint density at radius 3 is 2.62 bits per heavy atom. The smallest absolute Gasteiger partial charge is 0.459 e. The Kier molecular flexibility index (Phi) is 9.90. The van der Waals surface area contributed by atoms with Crippen molar-refractivity contribution in [3.63, 3.8) is 0 Å². The first-order valence-electron chi connectivity index (χ1n) is 12.9. The summed E-state index contributed by atoms with van der Waals surface area (Å²) in [5, 5.41) is 24.9. The minimum Gasteiger partial charge on any atom is -0.461 e. The number of carbonyl (C=O) groups excluding carboxylic acids is 1. The third kappa shape index (κ3) is 7.40. The minimum atomic E-state index is -4.29. The van der Waals surface area contributed by atoms with E-state index >= 15 is 0 Å². The fourth-order valence-corrected chi connectivity index (χ4v) is 6.51. The van der Waals surface area contributed by atoms with Crippen molar-refractivity contribution in [2.24, 2.45) is 0 Å². The molecule has 1 aliphatic heterocycles. The second-order valence-electron chi connectivity index (χ2n) is 10.1. The third-order valence-corrected chi connectivity index (χ3v) is 9.06. The third-order valence-electron chi connectivity index (χ3n) is 6.85. The molecule has 15 heteroatoms. The molecule has 0 spiro atoms. The molecule has 4 N–H and O–H groups in total. The molecule has 3 unspecified atom stereocenters. The van der Waals surface area contributed by atoms with E-state index in [1.54, 1.807) is 0 Å². The van der Waals surface area contributed by atoms with Gasteiger partial charge in [-0.05, 0) is 76.0 Å². The number of hydrogen-bond acceptors (Lipinski definition) is 10. The summed E-state index contributed by atoms with van der Waals surface area (Å²) in [6, 6.07) is 6.14. The molecular weight excluding hydrogens is 585 g/mol. The molecule has 2 heterocycles. The van der Waals surface area contributed by atoms with Crippen LogP contribution < -0.4 is 15.2 Å². The van der Waals surface area contributed by atoms with Crippen molar-refractivity contribution in [1.82, 2.24) is 14.6 Å². The summed E-state index contributed by atoms with van der Waals surface area (Å²) in [5.41, 5.74) is -2.31. The number of benzene rings is 1. The predicted octanol–water partition coefficient (Wildman–Crippen LogP) is 3.63. The van der Waals surface area contributed by atoms with E-state index in [2.05, 4.69) is 10.1 Å². The summed E-state index contributed by atoms with van der Waals surface area (Å²) in [6.07, 6.45) is 1.80. The molecule has 40 heavy (non-hydrogen) atoms. The lowest BCUT2D eigenvalue weighted by molar-refractivity contribution is -0.152. The Labute approximate surface area is 241 Å². The van der Waals surface area contributed by atoms with Gasteiger partial charge < -0.3 is 24.2 Å². The van der Waals surface area contributed by atoms with Crippen LogP contribution in [0.15, 0.2) is 41.3 Å². The Morgan fingerprint density at radius 1 is 1.30 bits per heavy atom. The van der Waals surface area contributed by atoms with E-state index in [4.69, 9.17) is 42.3 Å². The van der Waals surface area contributed by atoms with Gasteiger partial charge in [-0.1, -0.05) is 18.0 Å². The first-order chi connectivity index (χ1) is 18.9. The van der Waals surface area contributed by atoms with Crippen molar-refractivity contribution >= 4 is 37.5 Å². The van der Waals surface area contributed by atoms with Crippen LogP contribution in [-0.2, 0) is 23.4 Å². The summed E-state index contributed by atoms with van der Waals surface area (Å²) < 4.78 is 37.9. The Balaban J connectivity index is 1.49. The summed E-state index contributed by atoms with van der Waals surface area (Å²) in [5.74, 6) is -0.464. The van der Waals surface area contributed by atoms with E-state index in [0.29, 0.717) is 5.02 Å². The number of halogens is 1. The first kappa shape index (κ1) is 30.9. The van der Waals surface area contributed by atoms with Crippen LogP contribution in [0, 0.1) is 4.77 Å². The minimum absolute atomic E-state index is 0.0322. The number of aliphatic hydroxyl groups is 2. The number of aromatic nitrogens is 2. The number of carbonyl (C=O) groups is 1. The van der Waals surface area contributed by atoms with Crippen LogP contribution in [0.4, 0.5) is 0 Å². The Bertz CT molecular complexity index is 1350. The molecule has 12 nitrogen and oxygen atoms in total. The van der Waals surface area contributed by atoms with Gasteiger partial charge in [-0.3, -0.25) is 23.7 Å². The van der Waals surface area contributed by atoms with Crippen LogP contribution in [0.3, 0.4) is 0 Å². The normalized spacial score (nSPS) is 27.6. The van der Waals surface area contributed by atoms with Crippen LogP contribution in [0.5, 0.6) is 5.75 Å². The Morgan fingerprint density at radius 2 is 1.98 bits per heavy atom. The molecule has 0 bridgehead atoms. The summed E-state index contributed by atoms with van der Waals surface area (Å²) in [6.45, 7) is 2.30. The van der Waals surface area contributed by atoms with Gasteiger partial charge in [-0.15, -0.1) is 0 Å². The second kappa shape index (κ2) is 12.8. The van der Waals surface area contributed by atoms with Gasteiger partial charge in [0.05, 0.1) is 6.61 Å². The van der Waals surface area contributed by atoms with E-state index in [0.717, 1.165) is 32.1 Å². The second-order valence-corrected chi connectivity index (χ2v) is 12.6. The van der Waals surface area contributed by atoms with Gasteiger partial charge in [0.1, 0.15) is 35.7 Å². The molecule has 1 saturated heterocycles. The van der Waals surface area contributed by atoms with Crippen LogP contribution >= 0.6 is 31.6 Å². The van der Waals surface area contributed by atoms with Crippen molar-refractivity contribution in [3.8, 4) is 5.75 Å². The fourth-order valence-electron chi connectivity index (χ4n) is 4.62. The average molecular weight is 618 g/mol. The number of hydrogen-bond donors (Lipinski definition) is 4. The lowest BCUT2D eigenvalue weighted by Gasteiger charge is -2.28. The molecule has 2 aliphatic rings. The van der Waals surface area contributed by atoms with Crippen LogP contribution in [-0.4, -0.2) is 62.3 Å². The number of esters is 1. The number of aliphatic hydroxyl groups excluding tert-OH is 1. The van der Waals surface area contributed by atoms with Crippen molar-refractivity contribution in [1.29, 1.82) is 0 Å². The zero-order valence-electron chi connectivity index (χ0n) is 22.0. The average Bonchev–Trinajstić information content (AvgIpc) is 3.13. The molecule has 1 aliphatic carbocycles. The number of rotatable bonds is 10. The van der Waals surface area contributed by atoms with Crippen LogP contribution in [0.1, 0.15) is 52.2 Å². The molecule has 2 fully saturated rings. The van der Waals surface area contributed by atoms with Crippen molar-refractivity contribution in [2.75, 3.05) is 6.61 Å². The maximum Gasteiger partial charge on any atom is 0.459 e. The number of ether oxygens (including phenoxy) is 2. The molecule has 1 aromatic carbocycles. The summed E-state index contributed by atoms with van der Waals surface area (Å²) in [7, 11) is -4.29. The molecule has 4 rings (SSSR count). The van der Waals surface area contributed by atoms with Gasteiger partial charge in [-0.2, -0.15) is 5.09 Å². The fraction of sp³-hybridized carbons (Fsp3) is 0.560. The van der Waals surface area contributed by atoms with Gasteiger partial charge in [-0.25, -0.2) is 4.57 Å². The molecule has 220 valence electrons. The molecule has 1 saturated carbocycles. The number of nitrogens with zero attached hydrogens (tertiary/aromatic N) is 1. The van der Waals surface area contributed by atoms with E-state index in [1.165, 1.54) is 54.9 Å². The lowest BCUT2D eigenvalue weighted by atomic mass is 9.96. The molecule has 6 atom stereocenters. The molecular formula is C25H33ClN3O9PS. The van der Waals surface area contributed by atoms with Gasteiger partial charge in [0.15, 0.2) is 11.0 Å². The zero-order chi connectivity index (χ0) is 29.1. The first-order valence-corrected chi connectivity index (χ1v) is 15.3. The highest BCUT2D eigenvalue weighted by atomic mass is 35.5. The highest BCUT2D eigenvalue weighted by molar-refractivity contribution is 7.71. The van der Waals surface area contributed by atoms with Crippen molar-refractivity contribution in [3.05, 3.63) is 56.7 Å². The summed E-state index contributed by atoms with van der Waals surface area (Å²) in [4.78, 5) is 26.8. The highest BCUT2D eigenvalue weighted by Crippen LogP contribution is 2.47. The largest absolute Gasteiger partial charge is 0.461 e. The number of aromatic amines is 1. The van der Waals surface area contributed by atoms with E-state index in [1.807, 2.05) is 0 Å². The van der Waals surface area contributed by atoms with Crippen molar-refractivity contribution in [2.45, 2.75) is 82.1 Å².